The van der Waals surface area contributed by atoms with Crippen molar-refractivity contribution in [2.24, 2.45) is 0 Å². The molecule has 0 atom stereocenters. The van der Waals surface area contributed by atoms with Gasteiger partial charge in [-0.05, 0) is 24.3 Å². The third kappa shape index (κ3) is 3.08. The van der Waals surface area contributed by atoms with Crippen LogP contribution in [-0.2, 0) is 4.74 Å². The fourth-order valence-electron chi connectivity index (χ4n) is 1.37. The Bertz CT molecular complexity index is 439. The van der Waals surface area contributed by atoms with Gasteiger partial charge < -0.3 is 10.1 Å². The van der Waals surface area contributed by atoms with Gasteiger partial charge in [-0.15, -0.1) is 0 Å². The Balaban J connectivity index is 3.47. The minimum atomic E-state index is 0.618. The Kier molecular flexibility index (Phi) is 4.85. The van der Waals surface area contributed by atoms with Crippen molar-refractivity contribution < 1.29 is 4.74 Å². The summed E-state index contributed by atoms with van der Waals surface area (Å²) in [5, 5.41) is 5.53. The number of halogens is 1. The second-order valence-electron chi connectivity index (χ2n) is 3.24. The zero-order valence-electron chi connectivity index (χ0n) is 9.30. The molecule has 0 aliphatic heterocycles. The molecule has 0 aromatic heterocycles. The second-order valence-corrected chi connectivity index (χ2v) is 4.09. The minimum absolute atomic E-state index is 0.618. The number of nitrogens with one attached hydrogen (secondary N) is 1. The lowest BCUT2D eigenvalue weighted by Gasteiger charge is -2.01. The van der Waals surface area contributed by atoms with Crippen LogP contribution in [0.2, 0.25) is 0 Å². The molecular weight excluding hydrogens is 254 g/mol. The number of benzene rings is 1. The van der Waals surface area contributed by atoms with Crippen LogP contribution in [-0.4, -0.2) is 20.8 Å². The van der Waals surface area contributed by atoms with Crippen LogP contribution in [0.1, 0.15) is 6.92 Å². The molecule has 0 amide bonds. The van der Waals surface area contributed by atoms with E-state index in [-0.39, 0.29) is 0 Å². The molecule has 0 unspecified atom stereocenters. The predicted molar refractivity (Wildman–Crippen MR) is 67.9 cm³/mol. The zero-order chi connectivity index (χ0) is 11.3. The van der Waals surface area contributed by atoms with Gasteiger partial charge in [0.25, 0.3) is 0 Å². The van der Waals surface area contributed by atoms with Crippen LogP contribution in [0.3, 0.4) is 0 Å². The highest BCUT2D eigenvalue weighted by Crippen LogP contribution is 1.99. The molecule has 0 aliphatic carbocycles. The summed E-state index contributed by atoms with van der Waals surface area (Å²) >= 11 is 3.55. The summed E-state index contributed by atoms with van der Waals surface area (Å²) < 4.78 is 6.15. The topological polar surface area (TPSA) is 21.3 Å². The lowest BCUT2D eigenvalue weighted by atomic mass is 10.2. The number of hydrogen-bond donors (Lipinski definition) is 1. The number of hydrogen-bond acceptors (Lipinski definition) is 2. The van der Waals surface area contributed by atoms with Crippen molar-refractivity contribution in [2.75, 3.05) is 20.8 Å². The monoisotopic (exact) mass is 269 g/mol. The van der Waals surface area contributed by atoms with Crippen molar-refractivity contribution in [1.29, 1.82) is 0 Å². The SMILES string of the molecule is CN/C(C)=c1/cccc(Br)/c1=C/COC. The van der Waals surface area contributed by atoms with Gasteiger partial charge in [0.15, 0.2) is 0 Å². The first-order chi connectivity index (χ1) is 7.20. The lowest BCUT2D eigenvalue weighted by Crippen LogP contribution is -2.31. The average Bonchev–Trinajstić information content (AvgIpc) is 2.26. The average molecular weight is 270 g/mol. The number of rotatable bonds is 3. The Hall–Kier alpha value is -0.800. The fraction of sp³-hybridized carbons (Fsp3) is 0.333. The van der Waals surface area contributed by atoms with E-state index in [1.54, 1.807) is 7.11 Å². The summed E-state index contributed by atoms with van der Waals surface area (Å²) in [4.78, 5) is 0. The van der Waals surface area contributed by atoms with Crippen LogP contribution >= 0.6 is 15.9 Å². The van der Waals surface area contributed by atoms with Gasteiger partial charge in [-0.1, -0.05) is 28.1 Å². The van der Waals surface area contributed by atoms with Gasteiger partial charge in [-0.3, -0.25) is 0 Å². The van der Waals surface area contributed by atoms with E-state index >= 15 is 0 Å². The molecule has 1 N–H and O–H groups in total. The normalized spacial score (nSPS) is 14.0. The molecule has 3 heteroatoms. The molecule has 0 radical (unpaired) electrons. The standard InChI is InChI=1S/C12H16BrNO/c1-9(14-2)10-5-4-6-12(13)11(10)7-8-15-3/h4-7,14H,8H2,1-3H3/b10-9-,11-7+. The third-order valence-electron chi connectivity index (χ3n) is 2.29. The van der Waals surface area contributed by atoms with Gasteiger partial charge in [0, 0.05) is 29.5 Å². The summed E-state index contributed by atoms with van der Waals surface area (Å²) in [5.41, 5.74) is 1.15. The van der Waals surface area contributed by atoms with Gasteiger partial charge in [0.1, 0.15) is 0 Å². The highest BCUT2D eigenvalue weighted by molar-refractivity contribution is 9.10. The van der Waals surface area contributed by atoms with Crippen LogP contribution in [0.25, 0.3) is 11.8 Å². The number of ether oxygens (including phenoxy) is 1. The maximum atomic E-state index is 5.06. The van der Waals surface area contributed by atoms with E-state index in [4.69, 9.17) is 4.74 Å². The van der Waals surface area contributed by atoms with E-state index < -0.39 is 0 Å². The zero-order valence-corrected chi connectivity index (χ0v) is 10.9. The Labute approximate surface area is 98.8 Å². The van der Waals surface area contributed by atoms with Crippen molar-refractivity contribution >= 4 is 27.7 Å². The fourth-order valence-corrected chi connectivity index (χ4v) is 1.90. The maximum absolute atomic E-state index is 5.06. The maximum Gasteiger partial charge on any atom is 0.0653 e. The molecule has 1 aromatic carbocycles. The molecule has 0 saturated carbocycles. The van der Waals surface area contributed by atoms with E-state index in [1.807, 2.05) is 19.2 Å². The van der Waals surface area contributed by atoms with Crippen LogP contribution in [0, 0.1) is 0 Å². The van der Waals surface area contributed by atoms with Crippen LogP contribution < -0.4 is 15.8 Å². The van der Waals surface area contributed by atoms with E-state index in [0.717, 1.165) is 10.2 Å². The summed E-state index contributed by atoms with van der Waals surface area (Å²) in [7, 11) is 3.62. The van der Waals surface area contributed by atoms with Crippen LogP contribution in [0.5, 0.6) is 0 Å². The molecule has 0 aliphatic rings. The quantitative estimate of drug-likeness (QED) is 0.891. The van der Waals surface area contributed by atoms with E-state index in [1.165, 1.54) is 10.4 Å². The smallest absolute Gasteiger partial charge is 0.0653 e. The molecule has 0 heterocycles. The molecular formula is C12H16BrNO. The first-order valence-electron chi connectivity index (χ1n) is 4.83. The highest BCUT2D eigenvalue weighted by Gasteiger charge is 1.94. The summed E-state index contributed by atoms with van der Waals surface area (Å²) in [5.74, 6) is 0. The first kappa shape index (κ1) is 12.3. The summed E-state index contributed by atoms with van der Waals surface area (Å²) in [6.07, 6.45) is 2.07. The van der Waals surface area contributed by atoms with E-state index in [0.29, 0.717) is 6.61 Å². The van der Waals surface area contributed by atoms with Crippen LogP contribution in [0.15, 0.2) is 22.7 Å². The Morgan fingerprint density at radius 1 is 1.53 bits per heavy atom. The lowest BCUT2D eigenvalue weighted by molar-refractivity contribution is 0.243. The van der Waals surface area contributed by atoms with Crippen molar-refractivity contribution in [2.45, 2.75) is 6.92 Å². The molecule has 1 rings (SSSR count). The molecule has 82 valence electrons. The third-order valence-corrected chi connectivity index (χ3v) is 2.98. The van der Waals surface area contributed by atoms with Gasteiger partial charge in [-0.25, -0.2) is 0 Å². The Morgan fingerprint density at radius 2 is 2.27 bits per heavy atom. The highest BCUT2D eigenvalue weighted by atomic mass is 79.9. The molecule has 0 bridgehead atoms. The molecule has 0 spiro atoms. The van der Waals surface area contributed by atoms with Crippen LogP contribution in [0.4, 0.5) is 0 Å². The van der Waals surface area contributed by atoms with Crippen molar-refractivity contribution in [3.05, 3.63) is 33.1 Å². The van der Waals surface area contributed by atoms with Gasteiger partial charge in [0.05, 0.1) is 6.61 Å². The minimum Gasteiger partial charge on any atom is -0.391 e. The molecule has 0 fully saturated rings. The van der Waals surface area contributed by atoms with Crippen molar-refractivity contribution in [3.63, 3.8) is 0 Å². The van der Waals surface area contributed by atoms with Gasteiger partial charge >= 0.3 is 0 Å². The largest absolute Gasteiger partial charge is 0.391 e. The van der Waals surface area contributed by atoms with Gasteiger partial charge in [0.2, 0.25) is 0 Å². The van der Waals surface area contributed by atoms with Crippen molar-refractivity contribution in [1.82, 2.24) is 5.32 Å². The summed E-state index contributed by atoms with van der Waals surface area (Å²) in [6, 6.07) is 6.16. The second kappa shape index (κ2) is 5.93. The Morgan fingerprint density at radius 3 is 2.87 bits per heavy atom. The first-order valence-corrected chi connectivity index (χ1v) is 5.62. The summed E-state index contributed by atoms with van der Waals surface area (Å²) in [6.45, 7) is 2.68. The van der Waals surface area contributed by atoms with Gasteiger partial charge in [-0.2, -0.15) is 0 Å². The predicted octanol–water partition coefficient (Wildman–Crippen LogP) is 1.22. The number of methoxy groups -OCH3 is 1. The van der Waals surface area contributed by atoms with E-state index in [2.05, 4.69) is 40.3 Å². The van der Waals surface area contributed by atoms with Crippen molar-refractivity contribution in [3.8, 4) is 0 Å². The molecule has 2 nitrogen and oxygen atoms in total. The molecule has 1 aromatic rings. The molecule has 15 heavy (non-hydrogen) atoms. The van der Waals surface area contributed by atoms with E-state index in [9.17, 15) is 0 Å². The molecule has 0 saturated heterocycles.